The van der Waals surface area contributed by atoms with Crippen molar-refractivity contribution in [3.63, 3.8) is 0 Å². The zero-order chi connectivity index (χ0) is 14.4. The second-order valence-corrected chi connectivity index (χ2v) is 6.24. The first-order valence-corrected chi connectivity index (χ1v) is 7.27. The van der Waals surface area contributed by atoms with Gasteiger partial charge in [0.05, 0.1) is 11.1 Å². The van der Waals surface area contributed by atoms with E-state index in [0.717, 1.165) is 21.5 Å². The summed E-state index contributed by atoms with van der Waals surface area (Å²) in [6.45, 7) is 4.07. The number of rotatable bonds is 1. The molecule has 0 saturated heterocycles. The Morgan fingerprint density at radius 3 is 2.55 bits per heavy atom. The van der Waals surface area contributed by atoms with Crippen molar-refractivity contribution in [1.82, 2.24) is 9.55 Å². The Bertz CT molecular complexity index is 861. The molecule has 0 spiro atoms. The maximum atomic E-state index is 8.11. The summed E-state index contributed by atoms with van der Waals surface area (Å²) in [6.07, 6.45) is 0. The van der Waals surface area contributed by atoms with Crippen LogP contribution in [0.2, 0.25) is 5.02 Å². The summed E-state index contributed by atoms with van der Waals surface area (Å²) in [5, 5.41) is 9.69. The molecule has 0 atom stereocenters. The number of nitrogens with one attached hydrogen (secondary N) is 1. The number of aromatic nitrogens is 2. The highest BCUT2D eigenvalue weighted by Crippen LogP contribution is 2.32. The zero-order valence-corrected chi connectivity index (χ0v) is 12.6. The molecule has 1 aromatic carbocycles. The van der Waals surface area contributed by atoms with E-state index in [9.17, 15) is 0 Å². The molecule has 3 N–H and O–H groups in total. The van der Waals surface area contributed by atoms with Crippen LogP contribution < -0.4 is 11.4 Å². The number of anilines is 1. The van der Waals surface area contributed by atoms with E-state index >= 15 is 0 Å². The molecule has 0 saturated carbocycles. The van der Waals surface area contributed by atoms with Crippen LogP contribution in [0.5, 0.6) is 0 Å². The number of nitrogen functional groups attached to an aromatic ring is 1. The maximum absolute atomic E-state index is 8.11. The van der Waals surface area contributed by atoms with Gasteiger partial charge in [-0.1, -0.05) is 11.6 Å². The minimum atomic E-state index is 0.124. The van der Waals surface area contributed by atoms with E-state index < -0.39 is 0 Å². The molecular weight excluding hydrogens is 292 g/mol. The van der Waals surface area contributed by atoms with Gasteiger partial charge in [0, 0.05) is 9.90 Å². The molecule has 20 heavy (non-hydrogen) atoms. The van der Waals surface area contributed by atoms with Crippen molar-refractivity contribution in [1.29, 1.82) is 5.41 Å². The molecule has 6 heteroatoms. The van der Waals surface area contributed by atoms with Crippen molar-refractivity contribution in [3.05, 3.63) is 45.3 Å². The molecule has 3 aromatic rings. The molecule has 0 radical (unpaired) electrons. The number of hydrogen-bond acceptors (Lipinski definition) is 4. The van der Waals surface area contributed by atoms with Crippen molar-refractivity contribution < 1.29 is 0 Å². The van der Waals surface area contributed by atoms with E-state index in [1.807, 2.05) is 26.0 Å². The van der Waals surface area contributed by atoms with Crippen LogP contribution in [-0.2, 0) is 0 Å². The lowest BCUT2D eigenvalue weighted by atomic mass is 10.2. The zero-order valence-electron chi connectivity index (χ0n) is 11.1. The van der Waals surface area contributed by atoms with Gasteiger partial charge in [0.15, 0.2) is 0 Å². The van der Waals surface area contributed by atoms with E-state index in [1.165, 1.54) is 4.88 Å². The predicted octanol–water partition coefficient (Wildman–Crippen LogP) is 3.42. The highest BCUT2D eigenvalue weighted by Gasteiger charge is 2.14. The van der Waals surface area contributed by atoms with Gasteiger partial charge in [0.25, 0.3) is 0 Å². The summed E-state index contributed by atoms with van der Waals surface area (Å²) >= 11 is 7.47. The van der Waals surface area contributed by atoms with Gasteiger partial charge in [0.2, 0.25) is 5.62 Å². The minimum Gasteiger partial charge on any atom is -0.384 e. The number of fused-ring (bicyclic) bond motifs is 1. The Morgan fingerprint density at radius 2 is 1.90 bits per heavy atom. The molecular formula is C14H13ClN4S. The average molecular weight is 305 g/mol. The summed E-state index contributed by atoms with van der Waals surface area (Å²) in [4.78, 5) is 6.34. The van der Waals surface area contributed by atoms with E-state index in [1.54, 1.807) is 28.0 Å². The quantitative estimate of drug-likeness (QED) is 0.723. The number of aryl methyl sites for hydroxylation is 2. The molecule has 0 aliphatic carbocycles. The first-order chi connectivity index (χ1) is 9.49. The van der Waals surface area contributed by atoms with Crippen LogP contribution in [0.15, 0.2) is 24.3 Å². The van der Waals surface area contributed by atoms with Crippen LogP contribution in [-0.4, -0.2) is 9.55 Å². The molecule has 2 heterocycles. The smallest absolute Gasteiger partial charge is 0.229 e. The minimum absolute atomic E-state index is 0.124. The Kier molecular flexibility index (Phi) is 3.03. The fourth-order valence-electron chi connectivity index (χ4n) is 2.21. The summed E-state index contributed by atoms with van der Waals surface area (Å²) in [7, 11) is 0. The molecule has 0 unspecified atom stereocenters. The number of halogens is 1. The highest BCUT2D eigenvalue weighted by molar-refractivity contribution is 7.18. The monoisotopic (exact) mass is 304 g/mol. The normalized spacial score (nSPS) is 11.2. The second kappa shape index (κ2) is 4.61. The molecule has 3 rings (SSSR count). The fraction of sp³-hybridized carbons (Fsp3) is 0.143. The Morgan fingerprint density at radius 1 is 1.25 bits per heavy atom. The standard InChI is InChI=1S/C14H13ClN4S/c1-7-8(2)20-13-11(7)12(16)19(14(17)18-13)10-5-3-9(15)4-6-10/h3-6,17H,16H2,1-2H3. The summed E-state index contributed by atoms with van der Waals surface area (Å²) in [6, 6.07) is 7.22. The van der Waals surface area contributed by atoms with Crippen LogP contribution >= 0.6 is 22.9 Å². The van der Waals surface area contributed by atoms with Crippen LogP contribution in [0.1, 0.15) is 10.4 Å². The van der Waals surface area contributed by atoms with Crippen molar-refractivity contribution >= 4 is 39.0 Å². The largest absolute Gasteiger partial charge is 0.384 e. The third-order valence-electron chi connectivity index (χ3n) is 3.37. The second-order valence-electron chi connectivity index (χ2n) is 4.60. The molecule has 2 aromatic heterocycles. The van der Waals surface area contributed by atoms with Gasteiger partial charge in [-0.05, 0) is 43.7 Å². The third-order valence-corrected chi connectivity index (χ3v) is 4.72. The van der Waals surface area contributed by atoms with Crippen molar-refractivity contribution in [2.45, 2.75) is 13.8 Å². The predicted molar refractivity (Wildman–Crippen MR) is 83.7 cm³/mol. The lowest BCUT2D eigenvalue weighted by Gasteiger charge is -2.11. The highest BCUT2D eigenvalue weighted by atomic mass is 35.5. The SMILES string of the molecule is Cc1sc2nc(=N)n(-c3ccc(Cl)cc3)c(N)c2c1C. The Hall–Kier alpha value is -1.85. The number of thiophene rings is 1. The first kappa shape index (κ1) is 13.1. The average Bonchev–Trinajstić information content (AvgIpc) is 2.67. The lowest BCUT2D eigenvalue weighted by Crippen LogP contribution is -2.24. The van der Waals surface area contributed by atoms with E-state index in [0.29, 0.717) is 10.8 Å². The molecule has 4 nitrogen and oxygen atoms in total. The van der Waals surface area contributed by atoms with Crippen molar-refractivity contribution in [3.8, 4) is 5.69 Å². The van der Waals surface area contributed by atoms with Crippen LogP contribution in [0.25, 0.3) is 15.9 Å². The summed E-state index contributed by atoms with van der Waals surface area (Å²) in [5.74, 6) is 0.546. The number of hydrogen-bond donors (Lipinski definition) is 2. The topological polar surface area (TPSA) is 67.7 Å². The molecule has 0 amide bonds. The van der Waals surface area contributed by atoms with Gasteiger partial charge < -0.3 is 5.73 Å². The Labute approximate surface area is 125 Å². The number of nitrogens with two attached hydrogens (primary N) is 1. The first-order valence-electron chi connectivity index (χ1n) is 6.08. The van der Waals surface area contributed by atoms with E-state index in [4.69, 9.17) is 22.7 Å². The molecule has 102 valence electrons. The van der Waals surface area contributed by atoms with E-state index in [-0.39, 0.29) is 5.62 Å². The van der Waals surface area contributed by atoms with Gasteiger partial charge >= 0.3 is 0 Å². The third kappa shape index (κ3) is 1.90. The number of nitrogens with zero attached hydrogens (tertiary/aromatic N) is 2. The van der Waals surface area contributed by atoms with Gasteiger partial charge in [-0.3, -0.25) is 9.98 Å². The van der Waals surface area contributed by atoms with Crippen molar-refractivity contribution in [2.75, 3.05) is 5.73 Å². The summed E-state index contributed by atoms with van der Waals surface area (Å²) < 4.78 is 1.64. The van der Waals surface area contributed by atoms with Gasteiger partial charge in [-0.15, -0.1) is 11.3 Å². The molecule has 0 aliphatic heterocycles. The lowest BCUT2D eigenvalue weighted by molar-refractivity contribution is 0.880. The molecule has 0 aliphatic rings. The number of benzene rings is 1. The van der Waals surface area contributed by atoms with Crippen LogP contribution in [0, 0.1) is 19.3 Å². The Balaban J connectivity index is 2.39. The van der Waals surface area contributed by atoms with E-state index in [2.05, 4.69) is 4.98 Å². The molecule has 0 fully saturated rings. The van der Waals surface area contributed by atoms with Gasteiger partial charge in [-0.25, -0.2) is 4.98 Å². The summed E-state index contributed by atoms with van der Waals surface area (Å²) in [5.41, 5.74) is 8.31. The van der Waals surface area contributed by atoms with Gasteiger partial charge in [0.1, 0.15) is 10.6 Å². The van der Waals surface area contributed by atoms with Gasteiger partial charge in [-0.2, -0.15) is 0 Å². The maximum Gasteiger partial charge on any atom is 0.229 e. The fourth-order valence-corrected chi connectivity index (χ4v) is 3.38. The van der Waals surface area contributed by atoms with Crippen molar-refractivity contribution in [2.24, 2.45) is 0 Å². The van der Waals surface area contributed by atoms with Crippen LogP contribution in [0.3, 0.4) is 0 Å². The van der Waals surface area contributed by atoms with Crippen LogP contribution in [0.4, 0.5) is 5.82 Å². The molecule has 0 bridgehead atoms.